The third kappa shape index (κ3) is 2.33. The quantitative estimate of drug-likeness (QED) is 0.724. The van der Waals surface area contributed by atoms with E-state index in [0.29, 0.717) is 16.2 Å². The van der Waals surface area contributed by atoms with Crippen LogP contribution in [0.25, 0.3) is 16.7 Å². The van der Waals surface area contributed by atoms with E-state index in [0.717, 1.165) is 16.6 Å². The van der Waals surface area contributed by atoms with Crippen LogP contribution < -0.4 is 0 Å². The molecule has 3 aromatic rings. The van der Waals surface area contributed by atoms with Gasteiger partial charge in [0.15, 0.2) is 0 Å². The van der Waals surface area contributed by atoms with Crippen molar-refractivity contribution in [2.24, 2.45) is 0 Å². The molecule has 0 aliphatic rings. The largest absolute Gasteiger partial charge is 0.505 e. The smallest absolute Gasteiger partial charge is 0.145 e. The number of hydrogen-bond acceptors (Lipinski definition) is 3. The highest BCUT2D eigenvalue weighted by Gasteiger charge is 2.22. The Kier molecular flexibility index (Phi) is 3.37. The number of rotatable bonds is 1. The normalized spacial score (nSPS) is 12.0. The first-order valence-electron chi connectivity index (χ1n) is 7.13. The predicted octanol–water partition coefficient (Wildman–Crippen LogP) is 4.39. The van der Waals surface area contributed by atoms with E-state index >= 15 is 0 Å². The van der Waals surface area contributed by atoms with Crippen LogP contribution in [0.15, 0.2) is 30.3 Å². The first kappa shape index (κ1) is 14.9. The van der Waals surface area contributed by atoms with Crippen LogP contribution in [0, 0.1) is 6.92 Å². The maximum Gasteiger partial charge on any atom is 0.145 e. The minimum absolute atomic E-state index is 0.168. The molecular weight excluding hydrogens is 298 g/mol. The van der Waals surface area contributed by atoms with Crippen molar-refractivity contribution in [3.8, 4) is 11.4 Å². The Morgan fingerprint density at radius 1 is 1.18 bits per heavy atom. The summed E-state index contributed by atoms with van der Waals surface area (Å²) in [6.45, 7) is 8.22. The number of nitrogens with zero attached hydrogens (tertiary/aromatic N) is 3. The number of aromatic nitrogens is 3. The fourth-order valence-electron chi connectivity index (χ4n) is 2.58. The van der Waals surface area contributed by atoms with Crippen molar-refractivity contribution in [2.75, 3.05) is 0 Å². The molecule has 114 valence electrons. The molecule has 0 saturated carbocycles. The van der Waals surface area contributed by atoms with Gasteiger partial charge in [-0.2, -0.15) is 0 Å². The summed E-state index contributed by atoms with van der Waals surface area (Å²) in [5.74, 6) is 0.227. The molecule has 0 fully saturated rings. The molecule has 0 aliphatic carbocycles. The van der Waals surface area contributed by atoms with Gasteiger partial charge >= 0.3 is 0 Å². The van der Waals surface area contributed by atoms with E-state index in [4.69, 9.17) is 11.6 Å². The molecule has 3 rings (SSSR count). The van der Waals surface area contributed by atoms with Crippen molar-refractivity contribution < 1.29 is 5.11 Å². The Morgan fingerprint density at radius 3 is 2.59 bits per heavy atom. The zero-order chi connectivity index (χ0) is 16.1. The molecule has 1 heterocycles. The molecule has 0 unspecified atom stereocenters. The second-order valence-electron chi connectivity index (χ2n) is 6.54. The zero-order valence-electron chi connectivity index (χ0n) is 13.1. The molecule has 0 aliphatic heterocycles. The Morgan fingerprint density at radius 2 is 1.91 bits per heavy atom. The van der Waals surface area contributed by atoms with Gasteiger partial charge in [-0.05, 0) is 36.1 Å². The maximum absolute atomic E-state index is 10.7. The van der Waals surface area contributed by atoms with Crippen molar-refractivity contribution >= 4 is 22.6 Å². The summed E-state index contributed by atoms with van der Waals surface area (Å²) in [7, 11) is 0. The fraction of sp³-hybridized carbons (Fsp3) is 0.294. The summed E-state index contributed by atoms with van der Waals surface area (Å²) in [4.78, 5) is 0. The van der Waals surface area contributed by atoms with Crippen molar-refractivity contribution in [3.63, 3.8) is 0 Å². The number of phenolic OH excluding ortho intramolecular Hbond substituents is 1. The van der Waals surface area contributed by atoms with Gasteiger partial charge < -0.3 is 5.11 Å². The van der Waals surface area contributed by atoms with Crippen molar-refractivity contribution in [1.29, 1.82) is 0 Å². The van der Waals surface area contributed by atoms with E-state index in [2.05, 4.69) is 31.1 Å². The number of aryl methyl sites for hydroxylation is 1. The molecule has 1 N–H and O–H groups in total. The van der Waals surface area contributed by atoms with E-state index < -0.39 is 0 Å². The highest BCUT2D eigenvalue weighted by molar-refractivity contribution is 6.34. The number of benzene rings is 2. The molecule has 0 bridgehead atoms. The monoisotopic (exact) mass is 315 g/mol. The van der Waals surface area contributed by atoms with E-state index in [1.165, 1.54) is 0 Å². The van der Waals surface area contributed by atoms with E-state index in [1.807, 2.05) is 31.2 Å². The van der Waals surface area contributed by atoms with Crippen molar-refractivity contribution in [3.05, 3.63) is 46.5 Å². The van der Waals surface area contributed by atoms with Gasteiger partial charge in [0.2, 0.25) is 0 Å². The van der Waals surface area contributed by atoms with Gasteiger partial charge in [0.25, 0.3) is 0 Å². The molecule has 0 spiro atoms. The molecule has 0 atom stereocenters. The third-order valence-corrected chi connectivity index (χ3v) is 4.00. The average Bonchev–Trinajstić information content (AvgIpc) is 2.85. The lowest BCUT2D eigenvalue weighted by Gasteiger charge is -2.22. The van der Waals surface area contributed by atoms with Crippen LogP contribution in [0.1, 0.15) is 31.9 Å². The lowest BCUT2D eigenvalue weighted by atomic mass is 9.85. The SMILES string of the molecule is Cc1cc(-n2nnc3c(Cl)cccc32)c(O)c(C(C)(C)C)c1. The van der Waals surface area contributed by atoms with E-state index in [9.17, 15) is 5.11 Å². The second-order valence-corrected chi connectivity index (χ2v) is 6.95. The highest BCUT2D eigenvalue weighted by Crippen LogP contribution is 2.37. The number of aromatic hydroxyl groups is 1. The van der Waals surface area contributed by atoms with Gasteiger partial charge in [-0.3, -0.25) is 0 Å². The summed E-state index contributed by atoms with van der Waals surface area (Å²) in [6, 6.07) is 9.42. The number of phenols is 1. The van der Waals surface area contributed by atoms with Gasteiger partial charge in [0, 0.05) is 5.56 Å². The highest BCUT2D eigenvalue weighted by atomic mass is 35.5. The van der Waals surface area contributed by atoms with Gasteiger partial charge in [-0.15, -0.1) is 5.10 Å². The Labute approximate surface area is 134 Å². The molecule has 0 amide bonds. The predicted molar refractivity (Wildman–Crippen MR) is 89.0 cm³/mol. The molecular formula is C17H18ClN3O. The van der Waals surface area contributed by atoms with Gasteiger partial charge in [-0.25, -0.2) is 4.68 Å². The average molecular weight is 316 g/mol. The van der Waals surface area contributed by atoms with Crippen molar-refractivity contribution in [2.45, 2.75) is 33.1 Å². The molecule has 22 heavy (non-hydrogen) atoms. The van der Waals surface area contributed by atoms with Crippen LogP contribution in [0.2, 0.25) is 5.02 Å². The Hall–Kier alpha value is -2.07. The van der Waals surface area contributed by atoms with Gasteiger partial charge in [0.1, 0.15) is 17.0 Å². The van der Waals surface area contributed by atoms with Crippen LogP contribution in [0.4, 0.5) is 0 Å². The topological polar surface area (TPSA) is 50.9 Å². The van der Waals surface area contributed by atoms with Crippen LogP contribution in [0.5, 0.6) is 5.75 Å². The maximum atomic E-state index is 10.7. The lowest BCUT2D eigenvalue weighted by Crippen LogP contribution is -2.13. The van der Waals surface area contributed by atoms with Crippen LogP contribution in [-0.4, -0.2) is 20.1 Å². The number of hydrogen-bond donors (Lipinski definition) is 1. The summed E-state index contributed by atoms with van der Waals surface area (Å²) < 4.78 is 1.64. The number of halogens is 1. The van der Waals surface area contributed by atoms with Crippen LogP contribution >= 0.6 is 11.6 Å². The van der Waals surface area contributed by atoms with Crippen LogP contribution in [0.3, 0.4) is 0 Å². The first-order valence-corrected chi connectivity index (χ1v) is 7.51. The van der Waals surface area contributed by atoms with E-state index in [-0.39, 0.29) is 11.2 Å². The molecule has 5 heteroatoms. The fourth-order valence-corrected chi connectivity index (χ4v) is 2.79. The third-order valence-electron chi connectivity index (χ3n) is 3.70. The zero-order valence-corrected chi connectivity index (χ0v) is 13.8. The molecule has 1 aromatic heterocycles. The Balaban J connectivity index is 2.32. The molecule has 2 aromatic carbocycles. The van der Waals surface area contributed by atoms with E-state index in [1.54, 1.807) is 10.7 Å². The summed E-state index contributed by atoms with van der Waals surface area (Å²) >= 11 is 6.15. The minimum atomic E-state index is -0.168. The summed E-state index contributed by atoms with van der Waals surface area (Å²) in [6.07, 6.45) is 0. The summed E-state index contributed by atoms with van der Waals surface area (Å²) in [5, 5.41) is 19.6. The molecule has 0 radical (unpaired) electrons. The number of fused-ring (bicyclic) bond motifs is 1. The first-order chi connectivity index (χ1) is 10.3. The van der Waals surface area contributed by atoms with Crippen molar-refractivity contribution in [1.82, 2.24) is 15.0 Å². The molecule has 0 saturated heterocycles. The van der Waals surface area contributed by atoms with Gasteiger partial charge in [-0.1, -0.05) is 49.7 Å². The summed E-state index contributed by atoms with van der Waals surface area (Å²) in [5.41, 5.74) is 3.79. The lowest BCUT2D eigenvalue weighted by molar-refractivity contribution is 0.442. The Bertz CT molecular complexity index is 862. The minimum Gasteiger partial charge on any atom is -0.505 e. The van der Waals surface area contributed by atoms with Gasteiger partial charge in [0.05, 0.1) is 10.5 Å². The van der Waals surface area contributed by atoms with Crippen LogP contribution in [-0.2, 0) is 5.41 Å². The standard InChI is InChI=1S/C17H18ClN3O/c1-10-8-11(17(2,3)4)16(22)14(9-10)21-13-7-5-6-12(18)15(13)19-20-21/h5-9,22H,1-4H3. The second kappa shape index (κ2) is 4.99. The molecule has 4 nitrogen and oxygen atoms in total.